The molecule has 0 aromatic heterocycles. The van der Waals surface area contributed by atoms with Crippen LogP contribution in [0.4, 0.5) is 5.69 Å². The fraction of sp³-hybridized carbons (Fsp3) is 0.312. The van der Waals surface area contributed by atoms with Crippen molar-refractivity contribution in [1.82, 2.24) is 0 Å². The normalized spacial score (nSPS) is 16.8. The third-order valence-corrected chi connectivity index (χ3v) is 4.17. The average Bonchev–Trinajstić information content (AvgIpc) is 2.37. The quantitative estimate of drug-likeness (QED) is 0.879. The molecule has 0 amide bonds. The zero-order chi connectivity index (χ0) is 13.3. The number of anilines is 1. The van der Waals surface area contributed by atoms with Crippen molar-refractivity contribution in [1.29, 1.82) is 0 Å². The summed E-state index contributed by atoms with van der Waals surface area (Å²) in [6.07, 6.45) is 2.57. The van der Waals surface area contributed by atoms with Gasteiger partial charge in [0.15, 0.2) is 0 Å². The molecule has 3 rings (SSSR count). The van der Waals surface area contributed by atoms with E-state index in [2.05, 4.69) is 23.5 Å². The van der Waals surface area contributed by atoms with Gasteiger partial charge in [0.2, 0.25) is 0 Å². The van der Waals surface area contributed by atoms with Crippen molar-refractivity contribution in [3.63, 3.8) is 0 Å². The highest BCUT2D eigenvalue weighted by atomic mass is 16.4. The molecule has 98 valence electrons. The van der Waals surface area contributed by atoms with Crippen molar-refractivity contribution >= 4 is 22.4 Å². The third-order valence-electron chi connectivity index (χ3n) is 4.17. The minimum Gasteiger partial charge on any atom is -0.481 e. The fourth-order valence-corrected chi connectivity index (χ4v) is 2.71. The molecule has 2 N–H and O–H groups in total. The van der Waals surface area contributed by atoms with Crippen LogP contribution >= 0.6 is 0 Å². The molecule has 0 atom stereocenters. The largest absolute Gasteiger partial charge is 0.481 e. The Morgan fingerprint density at radius 2 is 1.89 bits per heavy atom. The molecule has 1 fully saturated rings. The van der Waals surface area contributed by atoms with Crippen molar-refractivity contribution in [3.05, 3.63) is 42.5 Å². The molecule has 1 aliphatic carbocycles. The van der Waals surface area contributed by atoms with E-state index in [9.17, 15) is 9.90 Å². The summed E-state index contributed by atoms with van der Waals surface area (Å²) in [5, 5.41) is 15.0. The number of rotatable bonds is 4. The van der Waals surface area contributed by atoms with Gasteiger partial charge in [-0.1, -0.05) is 42.8 Å². The lowest BCUT2D eigenvalue weighted by Gasteiger charge is -2.38. The van der Waals surface area contributed by atoms with Crippen molar-refractivity contribution in [3.8, 4) is 0 Å². The molecule has 0 saturated heterocycles. The minimum absolute atomic E-state index is 0.510. The van der Waals surface area contributed by atoms with Crippen LogP contribution in [0.15, 0.2) is 42.5 Å². The first-order valence-corrected chi connectivity index (χ1v) is 6.66. The van der Waals surface area contributed by atoms with Crippen LogP contribution in [0, 0.1) is 5.41 Å². The van der Waals surface area contributed by atoms with E-state index in [1.54, 1.807) is 0 Å². The smallest absolute Gasteiger partial charge is 0.311 e. The van der Waals surface area contributed by atoms with Crippen LogP contribution in [0.2, 0.25) is 0 Å². The Balaban J connectivity index is 1.84. The second-order valence-corrected chi connectivity index (χ2v) is 5.32. The van der Waals surface area contributed by atoms with Crippen molar-refractivity contribution < 1.29 is 9.90 Å². The first kappa shape index (κ1) is 12.0. The molecular formula is C16H17NO2. The van der Waals surface area contributed by atoms with Gasteiger partial charge in [-0.15, -0.1) is 0 Å². The Morgan fingerprint density at radius 1 is 1.16 bits per heavy atom. The highest BCUT2D eigenvalue weighted by Crippen LogP contribution is 2.41. The number of nitrogens with one attached hydrogen (secondary N) is 1. The number of carboxylic acids is 1. The Morgan fingerprint density at radius 3 is 2.58 bits per heavy atom. The van der Waals surface area contributed by atoms with E-state index in [0.717, 1.165) is 30.3 Å². The SMILES string of the molecule is O=C(O)C1(CNc2cccc3ccccc23)CCC1. The van der Waals surface area contributed by atoms with Crippen LogP contribution < -0.4 is 5.32 Å². The van der Waals surface area contributed by atoms with E-state index in [-0.39, 0.29) is 0 Å². The Hall–Kier alpha value is -2.03. The van der Waals surface area contributed by atoms with Gasteiger partial charge in [0, 0.05) is 17.6 Å². The zero-order valence-corrected chi connectivity index (χ0v) is 10.7. The summed E-state index contributed by atoms with van der Waals surface area (Å²) < 4.78 is 0. The molecule has 2 aromatic carbocycles. The van der Waals surface area contributed by atoms with Gasteiger partial charge in [-0.2, -0.15) is 0 Å². The second kappa shape index (κ2) is 4.57. The molecule has 3 nitrogen and oxygen atoms in total. The predicted molar refractivity (Wildman–Crippen MR) is 76.4 cm³/mol. The summed E-state index contributed by atoms with van der Waals surface area (Å²) in [7, 11) is 0. The first-order chi connectivity index (χ1) is 9.21. The summed E-state index contributed by atoms with van der Waals surface area (Å²) in [6, 6.07) is 14.2. The van der Waals surface area contributed by atoms with Crippen molar-refractivity contribution in [2.24, 2.45) is 5.41 Å². The van der Waals surface area contributed by atoms with E-state index >= 15 is 0 Å². The average molecular weight is 255 g/mol. The van der Waals surface area contributed by atoms with E-state index < -0.39 is 11.4 Å². The molecule has 2 aromatic rings. The number of aliphatic carboxylic acids is 1. The molecule has 19 heavy (non-hydrogen) atoms. The molecule has 0 aliphatic heterocycles. The van der Waals surface area contributed by atoms with Gasteiger partial charge in [-0.05, 0) is 24.3 Å². The fourth-order valence-electron chi connectivity index (χ4n) is 2.71. The third kappa shape index (κ3) is 2.05. The van der Waals surface area contributed by atoms with E-state index in [1.807, 2.05) is 24.3 Å². The van der Waals surface area contributed by atoms with Gasteiger partial charge < -0.3 is 10.4 Å². The predicted octanol–water partition coefficient (Wildman–Crippen LogP) is 3.51. The highest BCUT2D eigenvalue weighted by Gasteiger charge is 2.44. The number of carbonyl (C=O) groups is 1. The van der Waals surface area contributed by atoms with Crippen LogP contribution in [0.25, 0.3) is 10.8 Å². The molecule has 0 spiro atoms. The van der Waals surface area contributed by atoms with Gasteiger partial charge >= 0.3 is 5.97 Å². The van der Waals surface area contributed by atoms with Crippen LogP contribution in [0.5, 0.6) is 0 Å². The number of hydrogen-bond acceptors (Lipinski definition) is 2. The maximum Gasteiger partial charge on any atom is 0.311 e. The van der Waals surface area contributed by atoms with Crippen LogP contribution in [-0.2, 0) is 4.79 Å². The summed E-state index contributed by atoms with van der Waals surface area (Å²) in [5.74, 6) is -0.675. The lowest BCUT2D eigenvalue weighted by Crippen LogP contribution is -2.43. The zero-order valence-electron chi connectivity index (χ0n) is 10.7. The summed E-state index contributed by atoms with van der Waals surface area (Å²) in [5.41, 5.74) is 0.461. The molecule has 3 heteroatoms. The lowest BCUT2D eigenvalue weighted by molar-refractivity contribution is -0.153. The van der Waals surface area contributed by atoms with E-state index in [1.165, 1.54) is 5.39 Å². The monoisotopic (exact) mass is 255 g/mol. The van der Waals surface area contributed by atoms with Gasteiger partial charge in [0.25, 0.3) is 0 Å². The van der Waals surface area contributed by atoms with E-state index in [0.29, 0.717) is 6.54 Å². The van der Waals surface area contributed by atoms with Crippen LogP contribution in [-0.4, -0.2) is 17.6 Å². The van der Waals surface area contributed by atoms with Gasteiger partial charge in [-0.3, -0.25) is 4.79 Å². The molecular weight excluding hydrogens is 238 g/mol. The topological polar surface area (TPSA) is 49.3 Å². The standard InChI is InChI=1S/C16H17NO2/c18-15(19)16(9-4-10-16)11-17-14-8-3-6-12-5-1-2-7-13(12)14/h1-3,5-8,17H,4,9-11H2,(H,18,19). The van der Waals surface area contributed by atoms with Crippen molar-refractivity contribution in [2.75, 3.05) is 11.9 Å². The van der Waals surface area contributed by atoms with Crippen LogP contribution in [0.1, 0.15) is 19.3 Å². The van der Waals surface area contributed by atoms with Crippen LogP contribution in [0.3, 0.4) is 0 Å². The Labute approximate surface area is 112 Å². The molecule has 1 aliphatic rings. The lowest BCUT2D eigenvalue weighted by atomic mass is 9.69. The molecule has 0 bridgehead atoms. The van der Waals surface area contributed by atoms with Gasteiger partial charge in [-0.25, -0.2) is 0 Å². The summed E-state index contributed by atoms with van der Waals surface area (Å²) in [6.45, 7) is 0.510. The Kier molecular flexibility index (Phi) is 2.90. The van der Waals surface area contributed by atoms with Crippen molar-refractivity contribution in [2.45, 2.75) is 19.3 Å². The molecule has 1 saturated carbocycles. The molecule has 0 heterocycles. The maximum atomic E-state index is 11.3. The van der Waals surface area contributed by atoms with E-state index in [4.69, 9.17) is 0 Å². The number of carboxylic acid groups (broad SMARTS) is 1. The number of hydrogen-bond donors (Lipinski definition) is 2. The highest BCUT2D eigenvalue weighted by molar-refractivity contribution is 5.94. The minimum atomic E-state index is -0.675. The summed E-state index contributed by atoms with van der Waals surface area (Å²) >= 11 is 0. The van der Waals surface area contributed by atoms with Gasteiger partial charge in [0.1, 0.15) is 0 Å². The first-order valence-electron chi connectivity index (χ1n) is 6.66. The Bertz CT molecular complexity index is 612. The second-order valence-electron chi connectivity index (χ2n) is 5.32. The molecule has 0 unspecified atom stereocenters. The maximum absolute atomic E-state index is 11.3. The number of fused-ring (bicyclic) bond motifs is 1. The number of benzene rings is 2. The summed E-state index contributed by atoms with van der Waals surface area (Å²) in [4.78, 5) is 11.3. The molecule has 0 radical (unpaired) electrons. The van der Waals surface area contributed by atoms with Gasteiger partial charge in [0.05, 0.1) is 5.41 Å².